The summed E-state index contributed by atoms with van der Waals surface area (Å²) in [5.74, 6) is -0.325. The van der Waals surface area contributed by atoms with Crippen molar-refractivity contribution in [1.29, 1.82) is 0 Å². The van der Waals surface area contributed by atoms with Gasteiger partial charge in [-0.05, 0) is 0 Å². The van der Waals surface area contributed by atoms with E-state index in [9.17, 15) is 9.18 Å². The molecule has 6 heteroatoms. The third kappa shape index (κ3) is 3.29. The molecular weight excluding hydrogens is 380 g/mol. The van der Waals surface area contributed by atoms with E-state index in [1.165, 1.54) is 29.0 Å². The number of nitrogens with zero attached hydrogens (tertiary/aromatic N) is 2. The molecule has 1 unspecified atom stereocenters. The van der Waals surface area contributed by atoms with Gasteiger partial charge in [-0.1, -0.05) is 0 Å². The van der Waals surface area contributed by atoms with Gasteiger partial charge >= 0.3 is 153 Å². The third-order valence-electron chi connectivity index (χ3n) is 4.64. The van der Waals surface area contributed by atoms with Crippen molar-refractivity contribution < 1.29 is 9.18 Å². The molecule has 4 rings (SSSR count). The molecule has 0 spiro atoms. The molecule has 0 saturated heterocycles. The van der Waals surface area contributed by atoms with Crippen LogP contribution in [-0.4, -0.2) is 32.7 Å². The Bertz CT molecular complexity index is 972. The zero-order chi connectivity index (χ0) is 17.4. The van der Waals surface area contributed by atoms with Gasteiger partial charge in [0.15, 0.2) is 0 Å². The van der Waals surface area contributed by atoms with Gasteiger partial charge in [0.05, 0.1) is 0 Å². The second-order valence-corrected chi connectivity index (χ2v) is 7.48. The van der Waals surface area contributed by atoms with Crippen LogP contribution in [0.4, 0.5) is 10.1 Å². The molecule has 1 atom stereocenters. The minimum atomic E-state index is -0.369. The number of aromatic nitrogens is 2. The van der Waals surface area contributed by atoms with Gasteiger partial charge in [-0.2, -0.15) is 0 Å². The van der Waals surface area contributed by atoms with Crippen molar-refractivity contribution in [3.8, 4) is 11.1 Å². The van der Waals surface area contributed by atoms with Crippen LogP contribution in [0.1, 0.15) is 19.3 Å². The summed E-state index contributed by atoms with van der Waals surface area (Å²) >= 11 is 1.42. The summed E-state index contributed by atoms with van der Waals surface area (Å²) < 4.78 is 15.0. The molecule has 1 amide bonds. The van der Waals surface area contributed by atoms with Crippen LogP contribution < -0.4 is 9.80 Å². The van der Waals surface area contributed by atoms with Crippen LogP contribution in [0.15, 0.2) is 42.7 Å². The first kappa shape index (κ1) is 16.2. The monoisotopic (exact) mass is 397 g/mol. The SMILES string of the molecule is O=C(Nc1cc(F)cc(-c2ccc3ncnc([AsH2])c3c2)c1)C1CCC1. The molecule has 2 aromatic carbocycles. The van der Waals surface area contributed by atoms with Gasteiger partial charge in [-0.25, -0.2) is 0 Å². The van der Waals surface area contributed by atoms with Crippen molar-refractivity contribution in [1.82, 2.24) is 9.97 Å². The second kappa shape index (κ2) is 6.56. The van der Waals surface area contributed by atoms with Crippen LogP contribution in [0.25, 0.3) is 22.0 Å². The van der Waals surface area contributed by atoms with Crippen LogP contribution in [0.3, 0.4) is 0 Å². The number of hydrogen-bond donors (Lipinski definition) is 1. The Morgan fingerprint density at radius 3 is 2.72 bits per heavy atom. The van der Waals surface area contributed by atoms with Gasteiger partial charge in [0.1, 0.15) is 0 Å². The van der Waals surface area contributed by atoms with Gasteiger partial charge in [-0.3, -0.25) is 0 Å². The Morgan fingerprint density at radius 1 is 1.12 bits per heavy atom. The third-order valence-corrected chi connectivity index (χ3v) is 5.61. The molecule has 126 valence electrons. The van der Waals surface area contributed by atoms with E-state index in [4.69, 9.17) is 0 Å². The number of rotatable bonds is 3. The molecule has 25 heavy (non-hydrogen) atoms. The molecule has 1 aliphatic rings. The number of carbonyl (C=O) groups is 1. The molecule has 4 nitrogen and oxygen atoms in total. The molecular formula is C19H17AsFN3O. The molecule has 1 saturated carbocycles. The number of benzene rings is 2. The molecule has 0 bridgehead atoms. The number of amides is 1. The molecule has 3 aromatic rings. The van der Waals surface area contributed by atoms with E-state index in [1.807, 2.05) is 24.3 Å². The van der Waals surface area contributed by atoms with Crippen LogP contribution in [0.5, 0.6) is 0 Å². The Labute approximate surface area is 153 Å². The van der Waals surface area contributed by atoms with Gasteiger partial charge in [0.25, 0.3) is 0 Å². The van der Waals surface area contributed by atoms with E-state index < -0.39 is 0 Å². The zero-order valence-electron chi connectivity index (χ0n) is 13.5. The predicted molar refractivity (Wildman–Crippen MR) is 99.1 cm³/mol. The summed E-state index contributed by atoms with van der Waals surface area (Å²) in [5.41, 5.74) is 2.96. The first-order valence-corrected chi connectivity index (χ1v) is 9.43. The van der Waals surface area contributed by atoms with Crippen molar-refractivity contribution >= 4 is 43.8 Å². The van der Waals surface area contributed by atoms with Crippen LogP contribution >= 0.6 is 0 Å². The molecule has 0 aliphatic heterocycles. The molecule has 1 aliphatic carbocycles. The van der Waals surface area contributed by atoms with E-state index in [-0.39, 0.29) is 17.6 Å². The van der Waals surface area contributed by atoms with E-state index >= 15 is 0 Å². The minimum absolute atomic E-state index is 0.0201. The van der Waals surface area contributed by atoms with E-state index in [0.717, 1.165) is 45.8 Å². The number of nitrogens with one attached hydrogen (secondary N) is 1. The summed E-state index contributed by atoms with van der Waals surface area (Å²) in [6.07, 6.45) is 4.47. The Hall–Kier alpha value is -2.26. The summed E-state index contributed by atoms with van der Waals surface area (Å²) in [5, 5.41) is 3.81. The van der Waals surface area contributed by atoms with E-state index in [0.29, 0.717) is 5.69 Å². The van der Waals surface area contributed by atoms with Gasteiger partial charge in [0, 0.05) is 0 Å². The van der Waals surface area contributed by atoms with E-state index in [1.54, 1.807) is 6.33 Å². The molecule has 1 aromatic heterocycles. The molecule has 1 heterocycles. The number of fused-ring (bicyclic) bond motifs is 1. The summed E-state index contributed by atoms with van der Waals surface area (Å²) in [6, 6.07) is 10.4. The zero-order valence-corrected chi connectivity index (χ0v) is 15.9. The normalized spacial score (nSPS) is 14.3. The fourth-order valence-electron chi connectivity index (χ4n) is 3.00. The maximum absolute atomic E-state index is 14.1. The summed E-state index contributed by atoms with van der Waals surface area (Å²) in [6.45, 7) is 0. The van der Waals surface area contributed by atoms with Crippen molar-refractivity contribution in [3.05, 3.63) is 48.5 Å². The predicted octanol–water partition coefficient (Wildman–Crippen LogP) is 2.43. The molecule has 1 N–H and O–H groups in total. The molecule has 1 fully saturated rings. The summed E-state index contributed by atoms with van der Waals surface area (Å²) in [7, 11) is 0. The number of anilines is 1. The second-order valence-electron chi connectivity index (χ2n) is 6.34. The topological polar surface area (TPSA) is 54.9 Å². The van der Waals surface area contributed by atoms with Gasteiger partial charge in [0.2, 0.25) is 0 Å². The van der Waals surface area contributed by atoms with E-state index in [2.05, 4.69) is 15.3 Å². The number of halogens is 1. The van der Waals surface area contributed by atoms with Crippen molar-refractivity contribution in [3.63, 3.8) is 0 Å². The number of hydrogen-bond acceptors (Lipinski definition) is 3. The van der Waals surface area contributed by atoms with Crippen LogP contribution in [-0.2, 0) is 4.79 Å². The fraction of sp³-hybridized carbons (Fsp3) is 0.211. The van der Waals surface area contributed by atoms with Crippen LogP contribution in [0.2, 0.25) is 0 Å². The maximum atomic E-state index is 14.1. The first-order valence-electron chi connectivity index (χ1n) is 8.22. The quantitative estimate of drug-likeness (QED) is 0.691. The van der Waals surface area contributed by atoms with Crippen molar-refractivity contribution in [2.45, 2.75) is 19.3 Å². The Kier molecular flexibility index (Phi) is 4.26. The Morgan fingerprint density at radius 2 is 1.96 bits per heavy atom. The van der Waals surface area contributed by atoms with Crippen LogP contribution in [0, 0.1) is 11.7 Å². The Balaban J connectivity index is 1.70. The standard InChI is InChI=1S/C19H17AsFN3O/c20-18-16-8-12(4-5-17(16)22-10-23-18)13-6-14(21)9-15(7-13)24-19(25)11-2-1-3-11/h4-11H,1-3,20H2,(H,24,25). The van der Waals surface area contributed by atoms with Gasteiger partial charge in [-0.15, -0.1) is 0 Å². The molecule has 0 radical (unpaired) electrons. The average molecular weight is 397 g/mol. The average Bonchev–Trinajstić information content (AvgIpc) is 2.52. The van der Waals surface area contributed by atoms with Crippen molar-refractivity contribution in [2.24, 2.45) is 5.92 Å². The van der Waals surface area contributed by atoms with Gasteiger partial charge < -0.3 is 0 Å². The number of carbonyl (C=O) groups excluding carboxylic acids is 1. The summed E-state index contributed by atoms with van der Waals surface area (Å²) in [4.78, 5) is 20.6. The van der Waals surface area contributed by atoms with Crippen molar-refractivity contribution in [2.75, 3.05) is 5.32 Å². The fourth-order valence-corrected chi connectivity index (χ4v) is 3.62. The first-order chi connectivity index (χ1) is 12.1.